The number of primary sulfonamides is 1. The Balaban J connectivity index is 0.000000273. The van der Waals surface area contributed by atoms with Crippen molar-refractivity contribution in [2.24, 2.45) is 5.14 Å². The third-order valence-corrected chi connectivity index (χ3v) is 4.70. The predicted molar refractivity (Wildman–Crippen MR) is 101 cm³/mol. The fourth-order valence-electron chi connectivity index (χ4n) is 2.19. The van der Waals surface area contributed by atoms with E-state index in [-0.39, 0.29) is 10.6 Å². The highest BCUT2D eigenvalue weighted by atomic mass is 35.5. The van der Waals surface area contributed by atoms with E-state index < -0.39 is 16.4 Å². The number of rotatable bonds is 3. The number of hydrogen-bond donors (Lipinski definition) is 1. The third-order valence-electron chi connectivity index (χ3n) is 3.49. The molecule has 0 aliphatic heterocycles. The second-order valence-electron chi connectivity index (χ2n) is 5.59. The molecule has 0 saturated carbocycles. The molecule has 1 heterocycles. The number of nitrogens with zero attached hydrogens (tertiary/aromatic N) is 2. The van der Waals surface area contributed by atoms with Gasteiger partial charge in [-0.3, -0.25) is 0 Å². The lowest BCUT2D eigenvalue weighted by Gasteiger charge is -2.05. The zero-order chi connectivity index (χ0) is 20.0. The molecule has 1 aliphatic rings. The highest BCUT2D eigenvalue weighted by molar-refractivity contribution is 7.89. The first kappa shape index (κ1) is 21.0. The number of alkyl halides is 2. The molecular formula is C18H18ClF2N3O2S. The molecule has 0 bridgehead atoms. The van der Waals surface area contributed by atoms with E-state index in [0.29, 0.717) is 11.4 Å². The van der Waals surface area contributed by atoms with Crippen LogP contribution in [0.15, 0.2) is 70.6 Å². The molecule has 144 valence electrons. The summed E-state index contributed by atoms with van der Waals surface area (Å²) >= 11 is 5.68. The van der Waals surface area contributed by atoms with Crippen LogP contribution in [0.4, 0.5) is 8.78 Å². The Morgan fingerprint density at radius 3 is 2.41 bits per heavy atom. The van der Waals surface area contributed by atoms with E-state index in [9.17, 15) is 17.2 Å². The summed E-state index contributed by atoms with van der Waals surface area (Å²) in [6.07, 6.45) is 8.05. The maximum atomic E-state index is 12.5. The van der Waals surface area contributed by atoms with Gasteiger partial charge >= 0.3 is 0 Å². The highest BCUT2D eigenvalue weighted by Crippen LogP contribution is 2.21. The topological polar surface area (TPSA) is 78.0 Å². The minimum absolute atomic E-state index is 0.0462. The van der Waals surface area contributed by atoms with Crippen molar-refractivity contribution in [1.29, 1.82) is 0 Å². The van der Waals surface area contributed by atoms with Crippen LogP contribution in [0.25, 0.3) is 5.69 Å². The van der Waals surface area contributed by atoms with Gasteiger partial charge in [-0.1, -0.05) is 35.9 Å². The van der Waals surface area contributed by atoms with Gasteiger partial charge in [0.2, 0.25) is 10.0 Å². The molecule has 3 rings (SSSR count). The van der Waals surface area contributed by atoms with Crippen molar-refractivity contribution in [3.63, 3.8) is 0 Å². The van der Waals surface area contributed by atoms with Gasteiger partial charge in [0.05, 0.1) is 10.6 Å². The summed E-state index contributed by atoms with van der Waals surface area (Å²) < 4.78 is 48.6. The molecule has 0 atom stereocenters. The molecule has 1 aromatic carbocycles. The summed E-state index contributed by atoms with van der Waals surface area (Å²) in [5.41, 5.74) is 0.684. The van der Waals surface area contributed by atoms with E-state index >= 15 is 0 Å². The van der Waals surface area contributed by atoms with Crippen LogP contribution >= 0.6 is 11.6 Å². The zero-order valence-electron chi connectivity index (χ0n) is 14.4. The van der Waals surface area contributed by atoms with Gasteiger partial charge in [-0.2, -0.15) is 5.10 Å². The van der Waals surface area contributed by atoms with Crippen molar-refractivity contribution < 1.29 is 17.2 Å². The fraction of sp³-hybridized carbons (Fsp3) is 0.167. The number of aryl methyl sites for hydroxylation is 1. The molecular weight excluding hydrogens is 396 g/mol. The monoisotopic (exact) mass is 413 g/mol. The van der Waals surface area contributed by atoms with E-state index in [4.69, 9.17) is 16.7 Å². The minimum Gasteiger partial charge on any atom is -0.238 e. The molecule has 1 aliphatic carbocycles. The third kappa shape index (κ3) is 6.13. The second-order valence-corrected chi connectivity index (χ2v) is 7.64. The van der Waals surface area contributed by atoms with Gasteiger partial charge in [0.15, 0.2) is 0 Å². The Morgan fingerprint density at radius 1 is 1.19 bits per heavy atom. The fourth-order valence-corrected chi connectivity index (χ4v) is 2.87. The molecule has 0 saturated heterocycles. The Hall–Kier alpha value is -2.29. The average molecular weight is 414 g/mol. The average Bonchev–Trinajstić information content (AvgIpc) is 2.83. The minimum atomic E-state index is -3.77. The van der Waals surface area contributed by atoms with Crippen LogP contribution in [0.2, 0.25) is 0 Å². The number of hydrogen-bond acceptors (Lipinski definition) is 3. The molecule has 1 aromatic heterocycles. The number of nitrogens with two attached hydrogens (primary N) is 1. The first-order valence-electron chi connectivity index (χ1n) is 7.84. The van der Waals surface area contributed by atoms with Crippen LogP contribution in [-0.2, 0) is 10.0 Å². The summed E-state index contributed by atoms with van der Waals surface area (Å²) in [5.74, 6) is 0. The van der Waals surface area contributed by atoms with Gasteiger partial charge in [0, 0.05) is 17.1 Å². The van der Waals surface area contributed by atoms with E-state index in [1.807, 2.05) is 30.4 Å². The van der Waals surface area contributed by atoms with Crippen molar-refractivity contribution in [2.45, 2.75) is 24.7 Å². The van der Waals surface area contributed by atoms with Crippen LogP contribution in [-0.4, -0.2) is 18.2 Å². The SMILES string of the molecule is Cc1cc(C(F)F)nn1-c1ccc(S(N)(=O)=O)cc1.ClC1=CC=CC=CC1. The van der Waals surface area contributed by atoms with Gasteiger partial charge in [-0.15, -0.1) is 0 Å². The molecule has 2 aromatic rings. The standard InChI is InChI=1S/C11H11F2N3O2S.C7H7Cl/c1-7-6-10(11(12)13)15-16(7)8-2-4-9(5-3-8)19(14,17)18;8-7-5-3-1-2-4-6-7/h2-6,11H,1H3,(H2,14,17,18);1-5H,6H2. The van der Waals surface area contributed by atoms with Gasteiger partial charge in [-0.25, -0.2) is 27.0 Å². The van der Waals surface area contributed by atoms with Crippen molar-refractivity contribution in [1.82, 2.24) is 9.78 Å². The summed E-state index contributed by atoms with van der Waals surface area (Å²) in [4.78, 5) is -0.0462. The lowest BCUT2D eigenvalue weighted by Crippen LogP contribution is -2.12. The summed E-state index contributed by atoms with van der Waals surface area (Å²) in [6.45, 7) is 1.63. The lowest BCUT2D eigenvalue weighted by atomic mass is 10.3. The van der Waals surface area contributed by atoms with Crippen LogP contribution in [0.3, 0.4) is 0 Å². The molecule has 0 fully saturated rings. The predicted octanol–water partition coefficient (Wildman–Crippen LogP) is 4.39. The summed E-state index contributed by atoms with van der Waals surface area (Å²) in [7, 11) is -3.77. The molecule has 0 unspecified atom stereocenters. The first-order valence-corrected chi connectivity index (χ1v) is 9.76. The van der Waals surface area contributed by atoms with E-state index in [0.717, 1.165) is 11.5 Å². The normalized spacial score (nSPS) is 13.8. The van der Waals surface area contributed by atoms with E-state index in [2.05, 4.69) is 5.10 Å². The van der Waals surface area contributed by atoms with E-state index in [1.165, 1.54) is 35.0 Å². The molecule has 5 nitrogen and oxygen atoms in total. The second kappa shape index (κ2) is 9.07. The van der Waals surface area contributed by atoms with Crippen molar-refractivity contribution in [3.8, 4) is 5.69 Å². The molecule has 0 amide bonds. The Labute approximate surface area is 161 Å². The zero-order valence-corrected chi connectivity index (χ0v) is 16.0. The molecule has 27 heavy (non-hydrogen) atoms. The number of allylic oxidation sites excluding steroid dienone is 6. The van der Waals surface area contributed by atoms with Crippen LogP contribution < -0.4 is 5.14 Å². The van der Waals surface area contributed by atoms with Crippen molar-refractivity contribution in [2.75, 3.05) is 0 Å². The number of sulfonamides is 1. The Bertz CT molecular complexity index is 979. The largest absolute Gasteiger partial charge is 0.282 e. The highest BCUT2D eigenvalue weighted by Gasteiger charge is 2.15. The van der Waals surface area contributed by atoms with Gasteiger partial charge < -0.3 is 0 Å². The Morgan fingerprint density at radius 2 is 1.85 bits per heavy atom. The number of halogens is 3. The number of benzene rings is 1. The van der Waals surface area contributed by atoms with Crippen LogP contribution in [0, 0.1) is 6.92 Å². The van der Waals surface area contributed by atoms with Gasteiger partial charge in [-0.05, 0) is 43.3 Å². The number of aromatic nitrogens is 2. The first-order chi connectivity index (χ1) is 12.7. The van der Waals surface area contributed by atoms with E-state index in [1.54, 1.807) is 6.92 Å². The van der Waals surface area contributed by atoms with Crippen LogP contribution in [0.1, 0.15) is 24.2 Å². The summed E-state index contributed by atoms with van der Waals surface area (Å²) in [5, 5.41) is 9.63. The molecule has 0 spiro atoms. The van der Waals surface area contributed by atoms with Crippen LogP contribution in [0.5, 0.6) is 0 Å². The summed E-state index contributed by atoms with van der Waals surface area (Å²) in [6, 6.07) is 6.78. The Kier molecular flexibility index (Phi) is 7.06. The maximum absolute atomic E-state index is 12.5. The smallest absolute Gasteiger partial charge is 0.238 e. The van der Waals surface area contributed by atoms with Gasteiger partial charge in [0.25, 0.3) is 6.43 Å². The molecule has 9 heteroatoms. The van der Waals surface area contributed by atoms with Crippen molar-refractivity contribution in [3.05, 3.63) is 77.1 Å². The van der Waals surface area contributed by atoms with Gasteiger partial charge in [0.1, 0.15) is 5.69 Å². The quantitative estimate of drug-likeness (QED) is 0.810. The molecule has 2 N–H and O–H groups in total. The molecule has 0 radical (unpaired) electrons. The van der Waals surface area contributed by atoms with Crippen molar-refractivity contribution >= 4 is 21.6 Å². The lowest BCUT2D eigenvalue weighted by molar-refractivity contribution is 0.145. The maximum Gasteiger partial charge on any atom is 0.282 e.